The monoisotopic (exact) mass is 281 g/mol. The second-order valence-electron chi connectivity index (χ2n) is 5.61. The van der Waals surface area contributed by atoms with Gasteiger partial charge in [0.25, 0.3) is 0 Å². The average Bonchev–Trinajstić information content (AvgIpc) is 2.60. The highest BCUT2D eigenvalue weighted by molar-refractivity contribution is 5.88. The molecule has 0 bridgehead atoms. The summed E-state index contributed by atoms with van der Waals surface area (Å²) in [5.74, 6) is 0. The lowest BCUT2D eigenvalue weighted by molar-refractivity contribution is 1.19. The molecule has 4 aromatic carbocycles. The molecule has 0 N–H and O–H groups in total. The predicted molar refractivity (Wildman–Crippen MR) is 95.0 cm³/mol. The van der Waals surface area contributed by atoms with Crippen LogP contribution in [0.4, 0.5) is 0 Å². The van der Waals surface area contributed by atoms with Crippen LogP contribution in [0, 0.1) is 6.42 Å². The largest absolute Gasteiger partial charge is 0.0616 e. The van der Waals surface area contributed by atoms with Gasteiger partial charge in [-0.2, -0.15) is 0 Å². The van der Waals surface area contributed by atoms with Gasteiger partial charge in [0.05, 0.1) is 0 Å². The molecule has 0 heteroatoms. The Morgan fingerprint density at radius 3 is 1.95 bits per heavy atom. The van der Waals surface area contributed by atoms with Crippen molar-refractivity contribution in [1.29, 1.82) is 0 Å². The van der Waals surface area contributed by atoms with Crippen LogP contribution < -0.4 is 0 Å². The van der Waals surface area contributed by atoms with Crippen molar-refractivity contribution in [1.82, 2.24) is 0 Å². The third-order valence-corrected chi connectivity index (χ3v) is 4.25. The van der Waals surface area contributed by atoms with Crippen LogP contribution in [0.25, 0.3) is 21.5 Å². The van der Waals surface area contributed by atoms with Gasteiger partial charge < -0.3 is 0 Å². The Morgan fingerprint density at radius 2 is 1.14 bits per heavy atom. The zero-order valence-corrected chi connectivity index (χ0v) is 12.4. The summed E-state index contributed by atoms with van der Waals surface area (Å²) in [6.07, 6.45) is 3.29. The van der Waals surface area contributed by atoms with Gasteiger partial charge in [-0.1, -0.05) is 84.9 Å². The van der Waals surface area contributed by atoms with E-state index in [0.29, 0.717) is 0 Å². The van der Waals surface area contributed by atoms with Crippen LogP contribution in [-0.4, -0.2) is 0 Å². The topological polar surface area (TPSA) is 0 Å². The molecule has 0 aromatic heterocycles. The summed E-state index contributed by atoms with van der Waals surface area (Å²) in [6, 6.07) is 30.2. The summed E-state index contributed by atoms with van der Waals surface area (Å²) in [7, 11) is 0. The number of fused-ring (bicyclic) bond motifs is 2. The molecule has 0 aliphatic carbocycles. The molecule has 0 saturated carbocycles. The van der Waals surface area contributed by atoms with E-state index < -0.39 is 0 Å². The third-order valence-electron chi connectivity index (χ3n) is 4.25. The first-order chi connectivity index (χ1) is 10.9. The molecule has 1 radical (unpaired) electrons. The average molecular weight is 281 g/mol. The molecule has 4 rings (SSSR count). The minimum Gasteiger partial charge on any atom is -0.0616 e. The van der Waals surface area contributed by atoms with E-state index in [1.807, 2.05) is 0 Å². The van der Waals surface area contributed by atoms with E-state index in [-0.39, 0.29) is 0 Å². The molecule has 0 aliphatic heterocycles. The third kappa shape index (κ3) is 2.37. The molecule has 0 fully saturated rings. The summed E-state index contributed by atoms with van der Waals surface area (Å²) in [6.45, 7) is 0. The number of rotatable bonds is 3. The van der Waals surface area contributed by atoms with Gasteiger partial charge in [-0.05, 0) is 45.5 Å². The molecule has 22 heavy (non-hydrogen) atoms. The zero-order valence-electron chi connectivity index (χ0n) is 12.4. The summed E-state index contributed by atoms with van der Waals surface area (Å²) in [5, 5.41) is 5.28. The van der Waals surface area contributed by atoms with Gasteiger partial charge in [-0.25, -0.2) is 0 Å². The van der Waals surface area contributed by atoms with Gasteiger partial charge in [-0.3, -0.25) is 0 Å². The van der Waals surface area contributed by atoms with Crippen LogP contribution in [0.3, 0.4) is 0 Å². The lowest BCUT2D eigenvalue weighted by Gasteiger charge is -2.08. The molecular weight excluding hydrogens is 264 g/mol. The van der Waals surface area contributed by atoms with Crippen molar-refractivity contribution in [2.75, 3.05) is 0 Å². The molecule has 0 heterocycles. The van der Waals surface area contributed by atoms with Crippen molar-refractivity contribution in [3.8, 4) is 0 Å². The number of benzene rings is 4. The quantitative estimate of drug-likeness (QED) is 0.446. The fraction of sp³-hybridized carbons (Fsp3) is 0.0455. The molecule has 0 aliphatic rings. The van der Waals surface area contributed by atoms with Crippen LogP contribution in [0.5, 0.6) is 0 Å². The van der Waals surface area contributed by atoms with Crippen LogP contribution in [0.2, 0.25) is 0 Å². The smallest absolute Gasteiger partial charge is 0.00428 e. The Kier molecular flexibility index (Phi) is 3.36. The molecule has 0 atom stereocenters. The van der Waals surface area contributed by atoms with Crippen molar-refractivity contribution in [3.63, 3.8) is 0 Å². The predicted octanol–water partition coefficient (Wildman–Crippen LogP) is 5.79. The maximum absolute atomic E-state index is 2.34. The first-order valence-electron chi connectivity index (χ1n) is 7.69. The Labute approximate surface area is 131 Å². The number of hydrogen-bond donors (Lipinski definition) is 0. The summed E-state index contributed by atoms with van der Waals surface area (Å²) in [5.41, 5.74) is 2.69. The van der Waals surface area contributed by atoms with E-state index in [4.69, 9.17) is 0 Å². The summed E-state index contributed by atoms with van der Waals surface area (Å²) < 4.78 is 0. The lowest BCUT2D eigenvalue weighted by atomic mass is 9.96. The van der Waals surface area contributed by atoms with Crippen LogP contribution in [-0.2, 0) is 6.42 Å². The second-order valence-corrected chi connectivity index (χ2v) is 5.61. The maximum atomic E-state index is 2.34. The standard InChI is InChI=1S/C22H17/c1-3-13-21-17(7-1)9-5-11-19(21)15-16-20-12-6-10-18-8-2-4-14-22(18)20/h1-15H,16H2. The highest BCUT2D eigenvalue weighted by Gasteiger charge is 2.04. The van der Waals surface area contributed by atoms with E-state index >= 15 is 0 Å². The molecule has 4 aromatic rings. The van der Waals surface area contributed by atoms with Gasteiger partial charge in [0.2, 0.25) is 0 Å². The van der Waals surface area contributed by atoms with Crippen LogP contribution in [0.15, 0.2) is 84.9 Å². The maximum Gasteiger partial charge on any atom is -0.00428 e. The van der Waals surface area contributed by atoms with Gasteiger partial charge in [0.1, 0.15) is 0 Å². The summed E-state index contributed by atoms with van der Waals surface area (Å²) in [4.78, 5) is 0. The van der Waals surface area contributed by atoms with E-state index in [1.165, 1.54) is 32.7 Å². The highest BCUT2D eigenvalue weighted by atomic mass is 14.1. The van der Waals surface area contributed by atoms with Gasteiger partial charge in [0, 0.05) is 0 Å². The Hall–Kier alpha value is -2.60. The van der Waals surface area contributed by atoms with Crippen molar-refractivity contribution < 1.29 is 0 Å². The molecule has 0 nitrogen and oxygen atoms in total. The molecular formula is C22H17. The van der Waals surface area contributed by atoms with Crippen molar-refractivity contribution >= 4 is 21.5 Å². The minimum atomic E-state index is 0.954. The number of hydrogen-bond acceptors (Lipinski definition) is 0. The zero-order chi connectivity index (χ0) is 14.8. The molecule has 0 spiro atoms. The van der Waals surface area contributed by atoms with Crippen molar-refractivity contribution in [2.45, 2.75) is 6.42 Å². The van der Waals surface area contributed by atoms with Crippen molar-refractivity contribution in [3.05, 3.63) is 102 Å². The Bertz CT molecular complexity index is 845. The normalized spacial score (nSPS) is 11.1. The van der Waals surface area contributed by atoms with Crippen LogP contribution in [0.1, 0.15) is 11.1 Å². The summed E-state index contributed by atoms with van der Waals surface area (Å²) >= 11 is 0. The highest BCUT2D eigenvalue weighted by Crippen LogP contribution is 2.24. The van der Waals surface area contributed by atoms with Gasteiger partial charge in [0.15, 0.2) is 0 Å². The van der Waals surface area contributed by atoms with Crippen molar-refractivity contribution in [2.24, 2.45) is 0 Å². The van der Waals surface area contributed by atoms with Gasteiger partial charge >= 0.3 is 0 Å². The fourth-order valence-electron chi connectivity index (χ4n) is 3.12. The minimum absolute atomic E-state index is 0.954. The second kappa shape index (κ2) is 5.65. The Morgan fingerprint density at radius 1 is 0.545 bits per heavy atom. The molecule has 0 unspecified atom stereocenters. The van der Waals surface area contributed by atoms with E-state index in [9.17, 15) is 0 Å². The molecule has 105 valence electrons. The molecule has 0 amide bonds. The first kappa shape index (κ1) is 13.1. The SMILES string of the molecule is [CH](Cc1cccc2ccccc12)c1cccc2ccccc12. The van der Waals surface area contributed by atoms with E-state index in [1.54, 1.807) is 0 Å². The van der Waals surface area contributed by atoms with E-state index in [0.717, 1.165) is 6.42 Å². The lowest BCUT2D eigenvalue weighted by Crippen LogP contribution is -1.91. The Balaban J connectivity index is 1.69. The van der Waals surface area contributed by atoms with Crippen LogP contribution >= 0.6 is 0 Å². The fourth-order valence-corrected chi connectivity index (χ4v) is 3.12. The first-order valence-corrected chi connectivity index (χ1v) is 7.69. The van der Waals surface area contributed by atoms with Gasteiger partial charge in [-0.15, -0.1) is 0 Å². The van der Waals surface area contributed by atoms with E-state index in [2.05, 4.69) is 91.3 Å². The molecule has 0 saturated heterocycles.